The van der Waals surface area contributed by atoms with Gasteiger partial charge in [0.15, 0.2) is 0 Å². The topological polar surface area (TPSA) is 49.8 Å². The largest absolute Gasteiger partial charge is 0.481 e. The first kappa shape index (κ1) is 9.93. The van der Waals surface area contributed by atoms with Crippen molar-refractivity contribution >= 4 is 5.97 Å². The molecule has 0 saturated carbocycles. The van der Waals surface area contributed by atoms with Crippen LogP contribution in [0.1, 0.15) is 25.7 Å². The molecule has 2 heterocycles. The number of carboxylic acids is 1. The second-order valence-corrected chi connectivity index (χ2v) is 4.27. The van der Waals surface area contributed by atoms with Crippen molar-refractivity contribution in [1.29, 1.82) is 0 Å². The van der Waals surface area contributed by atoms with E-state index in [0.717, 1.165) is 32.5 Å². The van der Waals surface area contributed by atoms with Crippen LogP contribution in [-0.2, 0) is 9.53 Å². The van der Waals surface area contributed by atoms with Gasteiger partial charge in [-0.05, 0) is 19.3 Å². The van der Waals surface area contributed by atoms with Gasteiger partial charge in [0, 0.05) is 19.6 Å². The zero-order valence-corrected chi connectivity index (χ0v) is 8.37. The summed E-state index contributed by atoms with van der Waals surface area (Å²) >= 11 is 0. The van der Waals surface area contributed by atoms with E-state index in [-0.39, 0.29) is 12.0 Å². The quantitative estimate of drug-likeness (QED) is 0.727. The van der Waals surface area contributed by atoms with E-state index in [1.807, 2.05) is 0 Å². The van der Waals surface area contributed by atoms with Gasteiger partial charge in [-0.25, -0.2) is 0 Å². The molecule has 0 aromatic rings. The predicted molar refractivity (Wildman–Crippen MR) is 51.2 cm³/mol. The Labute approximate surface area is 83.8 Å². The molecule has 2 aliphatic heterocycles. The molecule has 0 aromatic carbocycles. The van der Waals surface area contributed by atoms with Crippen molar-refractivity contribution in [3.05, 3.63) is 0 Å². The standard InChI is InChI=1S/C10H17NO3/c12-9(13)1-5-11-6-2-10(3-7-11)4-8-14-10/h1-8H2,(H,12,13). The second kappa shape index (κ2) is 3.87. The highest BCUT2D eigenvalue weighted by molar-refractivity contribution is 5.66. The lowest BCUT2D eigenvalue weighted by Gasteiger charge is -2.47. The maximum Gasteiger partial charge on any atom is 0.304 e. The zero-order valence-electron chi connectivity index (χ0n) is 8.37. The van der Waals surface area contributed by atoms with Crippen LogP contribution in [0.5, 0.6) is 0 Å². The molecule has 0 radical (unpaired) electrons. The van der Waals surface area contributed by atoms with Crippen LogP contribution in [0.2, 0.25) is 0 Å². The summed E-state index contributed by atoms with van der Waals surface area (Å²) in [6, 6.07) is 0. The van der Waals surface area contributed by atoms with Crippen molar-refractivity contribution in [3.63, 3.8) is 0 Å². The SMILES string of the molecule is O=C(O)CCN1CCC2(CCO2)CC1. The highest BCUT2D eigenvalue weighted by Crippen LogP contribution is 2.36. The van der Waals surface area contributed by atoms with Gasteiger partial charge in [0.1, 0.15) is 0 Å². The van der Waals surface area contributed by atoms with Gasteiger partial charge >= 0.3 is 5.97 Å². The second-order valence-electron chi connectivity index (χ2n) is 4.27. The minimum Gasteiger partial charge on any atom is -0.481 e. The molecular weight excluding hydrogens is 182 g/mol. The molecule has 1 N–H and O–H groups in total. The lowest BCUT2D eigenvalue weighted by molar-refractivity contribution is -0.172. The summed E-state index contributed by atoms with van der Waals surface area (Å²) in [6.45, 7) is 3.58. The van der Waals surface area contributed by atoms with Gasteiger partial charge in [-0.1, -0.05) is 0 Å². The number of carboxylic acid groups (broad SMARTS) is 1. The van der Waals surface area contributed by atoms with Crippen molar-refractivity contribution in [3.8, 4) is 0 Å². The number of carbonyl (C=O) groups is 1. The Kier molecular flexibility index (Phi) is 2.74. The van der Waals surface area contributed by atoms with Crippen LogP contribution in [0.3, 0.4) is 0 Å². The van der Waals surface area contributed by atoms with Gasteiger partial charge in [-0.15, -0.1) is 0 Å². The molecule has 2 fully saturated rings. The number of piperidine rings is 1. The summed E-state index contributed by atoms with van der Waals surface area (Å²) in [5, 5.41) is 8.55. The molecule has 0 aliphatic carbocycles. The summed E-state index contributed by atoms with van der Waals surface area (Å²) in [6.07, 6.45) is 3.60. The Bertz CT molecular complexity index is 215. The Morgan fingerprint density at radius 3 is 2.43 bits per heavy atom. The van der Waals surface area contributed by atoms with E-state index in [1.165, 1.54) is 6.42 Å². The lowest BCUT2D eigenvalue weighted by Crippen LogP contribution is -2.52. The van der Waals surface area contributed by atoms with Crippen LogP contribution in [0.15, 0.2) is 0 Å². The smallest absolute Gasteiger partial charge is 0.304 e. The van der Waals surface area contributed by atoms with E-state index in [0.29, 0.717) is 6.54 Å². The minimum absolute atomic E-state index is 0.180. The average molecular weight is 199 g/mol. The number of hydrogen-bond acceptors (Lipinski definition) is 3. The molecule has 4 nitrogen and oxygen atoms in total. The van der Waals surface area contributed by atoms with Crippen molar-refractivity contribution in [2.75, 3.05) is 26.2 Å². The van der Waals surface area contributed by atoms with Crippen LogP contribution in [0.4, 0.5) is 0 Å². The molecule has 0 unspecified atom stereocenters. The first-order chi connectivity index (χ1) is 6.70. The van der Waals surface area contributed by atoms with Gasteiger partial charge < -0.3 is 14.7 Å². The van der Waals surface area contributed by atoms with Crippen LogP contribution in [-0.4, -0.2) is 47.8 Å². The van der Waals surface area contributed by atoms with Gasteiger partial charge in [-0.2, -0.15) is 0 Å². The van der Waals surface area contributed by atoms with E-state index in [1.54, 1.807) is 0 Å². The maximum atomic E-state index is 10.4. The van der Waals surface area contributed by atoms with Crippen LogP contribution in [0, 0.1) is 0 Å². The van der Waals surface area contributed by atoms with Gasteiger partial charge in [-0.3, -0.25) is 4.79 Å². The summed E-state index contributed by atoms with van der Waals surface area (Å²) in [7, 11) is 0. The monoisotopic (exact) mass is 199 g/mol. The maximum absolute atomic E-state index is 10.4. The molecular formula is C10H17NO3. The fraction of sp³-hybridized carbons (Fsp3) is 0.900. The summed E-state index contributed by atoms with van der Waals surface area (Å²) in [5.74, 6) is -0.704. The van der Waals surface area contributed by atoms with Crippen molar-refractivity contribution in [1.82, 2.24) is 4.90 Å². The van der Waals surface area contributed by atoms with Gasteiger partial charge in [0.25, 0.3) is 0 Å². The molecule has 2 saturated heterocycles. The van der Waals surface area contributed by atoms with Crippen LogP contribution >= 0.6 is 0 Å². The summed E-state index contributed by atoms with van der Waals surface area (Å²) in [5.41, 5.74) is 0.180. The Morgan fingerprint density at radius 1 is 1.36 bits per heavy atom. The first-order valence-electron chi connectivity index (χ1n) is 5.28. The number of likely N-dealkylation sites (tertiary alicyclic amines) is 1. The predicted octanol–water partition coefficient (Wildman–Crippen LogP) is 0.716. The zero-order chi connectivity index (χ0) is 10.0. The van der Waals surface area contributed by atoms with E-state index >= 15 is 0 Å². The number of hydrogen-bond donors (Lipinski definition) is 1. The molecule has 4 heteroatoms. The third-order valence-electron chi connectivity index (χ3n) is 3.38. The Balaban J connectivity index is 1.70. The van der Waals surface area contributed by atoms with Crippen LogP contribution in [0.25, 0.3) is 0 Å². The molecule has 0 bridgehead atoms. The van der Waals surface area contributed by atoms with Gasteiger partial charge in [0.2, 0.25) is 0 Å². The van der Waals surface area contributed by atoms with E-state index in [4.69, 9.17) is 9.84 Å². The Hall–Kier alpha value is -0.610. The lowest BCUT2D eigenvalue weighted by atomic mass is 9.84. The van der Waals surface area contributed by atoms with Gasteiger partial charge in [0.05, 0.1) is 18.6 Å². The minimum atomic E-state index is -0.704. The molecule has 14 heavy (non-hydrogen) atoms. The molecule has 0 amide bonds. The van der Waals surface area contributed by atoms with E-state index < -0.39 is 5.97 Å². The third-order valence-corrected chi connectivity index (χ3v) is 3.38. The molecule has 0 atom stereocenters. The van der Waals surface area contributed by atoms with E-state index in [2.05, 4.69) is 4.90 Å². The Morgan fingerprint density at radius 2 is 2.00 bits per heavy atom. The molecule has 2 aliphatic rings. The number of rotatable bonds is 3. The normalized spacial score (nSPS) is 26.0. The first-order valence-corrected chi connectivity index (χ1v) is 5.28. The molecule has 80 valence electrons. The molecule has 2 rings (SSSR count). The van der Waals surface area contributed by atoms with Crippen molar-refractivity contribution in [2.24, 2.45) is 0 Å². The highest BCUT2D eigenvalue weighted by Gasteiger charge is 2.40. The van der Waals surface area contributed by atoms with E-state index in [9.17, 15) is 4.79 Å². The molecule has 0 aromatic heterocycles. The molecule has 1 spiro atoms. The van der Waals surface area contributed by atoms with Crippen molar-refractivity contribution < 1.29 is 14.6 Å². The summed E-state index contributed by atoms with van der Waals surface area (Å²) < 4.78 is 5.59. The average Bonchev–Trinajstić information content (AvgIpc) is 2.13. The van der Waals surface area contributed by atoms with Crippen LogP contribution < -0.4 is 0 Å². The fourth-order valence-electron chi connectivity index (χ4n) is 2.22. The fourth-order valence-corrected chi connectivity index (χ4v) is 2.22. The number of ether oxygens (including phenoxy) is 1. The number of nitrogens with zero attached hydrogens (tertiary/aromatic N) is 1. The number of aliphatic carboxylic acids is 1. The highest BCUT2D eigenvalue weighted by atomic mass is 16.5. The third kappa shape index (κ3) is 2.07. The summed E-state index contributed by atoms with van der Waals surface area (Å²) in [4.78, 5) is 12.6. The van der Waals surface area contributed by atoms with Crippen molar-refractivity contribution in [2.45, 2.75) is 31.3 Å².